The highest BCUT2D eigenvalue weighted by Gasteiger charge is 2.34. The van der Waals surface area contributed by atoms with Crippen LogP contribution >= 0.6 is 11.8 Å². The molecule has 0 aliphatic carbocycles. The maximum absolute atomic E-state index is 12.9. The first-order valence-electron chi connectivity index (χ1n) is 9.65. The minimum Gasteiger partial charge on any atom is -0.310 e. The molecule has 0 bridgehead atoms. The molecular formula is C21H21N3O3S2. The summed E-state index contributed by atoms with van der Waals surface area (Å²) in [6.45, 7) is 0. The monoisotopic (exact) mass is 427 g/mol. The summed E-state index contributed by atoms with van der Waals surface area (Å²) in [5.74, 6) is 2.43. The molecule has 1 fully saturated rings. The number of nitrogens with zero attached hydrogens (tertiary/aromatic N) is 2. The van der Waals surface area contributed by atoms with E-state index in [2.05, 4.69) is 10.4 Å². The molecule has 3 heterocycles. The maximum atomic E-state index is 12.9. The first kappa shape index (κ1) is 18.7. The Morgan fingerprint density at radius 2 is 2.00 bits per heavy atom. The van der Waals surface area contributed by atoms with Crippen molar-refractivity contribution in [1.29, 1.82) is 0 Å². The van der Waals surface area contributed by atoms with Gasteiger partial charge in [0.2, 0.25) is 5.91 Å². The minimum absolute atomic E-state index is 0.0902. The van der Waals surface area contributed by atoms with E-state index in [1.807, 2.05) is 42.5 Å². The normalized spacial score (nSPS) is 20.1. The van der Waals surface area contributed by atoms with Crippen LogP contribution in [0.2, 0.25) is 0 Å². The standard InChI is InChI=1S/C21H21N3O3S2/c25-20(10-15-6-3-5-14-4-1-2-7-17(14)15)22-21-18-11-28-12-19(18)23-24(21)16-8-9-29(26,27)13-16/h1-7,16H,8-13H2,(H,22,25). The van der Waals surface area contributed by atoms with Crippen molar-refractivity contribution in [2.24, 2.45) is 0 Å². The molecule has 6 nitrogen and oxygen atoms in total. The van der Waals surface area contributed by atoms with Gasteiger partial charge in [0.15, 0.2) is 9.84 Å². The van der Waals surface area contributed by atoms with Crippen LogP contribution in [-0.2, 0) is 32.6 Å². The smallest absolute Gasteiger partial charge is 0.229 e. The van der Waals surface area contributed by atoms with E-state index in [-0.39, 0.29) is 29.9 Å². The van der Waals surface area contributed by atoms with Crippen molar-refractivity contribution < 1.29 is 13.2 Å². The van der Waals surface area contributed by atoms with Gasteiger partial charge in [-0.1, -0.05) is 42.5 Å². The summed E-state index contributed by atoms with van der Waals surface area (Å²) < 4.78 is 25.7. The number of anilines is 1. The van der Waals surface area contributed by atoms with Crippen molar-refractivity contribution in [1.82, 2.24) is 9.78 Å². The Hall–Kier alpha value is -2.32. The van der Waals surface area contributed by atoms with Crippen LogP contribution in [0.1, 0.15) is 29.3 Å². The molecule has 1 saturated heterocycles. The highest BCUT2D eigenvalue weighted by molar-refractivity contribution is 7.98. The van der Waals surface area contributed by atoms with Gasteiger partial charge in [0.1, 0.15) is 5.82 Å². The van der Waals surface area contributed by atoms with Gasteiger partial charge in [-0.15, -0.1) is 0 Å². The first-order valence-corrected chi connectivity index (χ1v) is 12.6. The SMILES string of the molecule is O=C(Cc1cccc2ccccc12)Nc1c2c(nn1C1CCS(=O)(=O)C1)CSC2. The van der Waals surface area contributed by atoms with Gasteiger partial charge in [0.05, 0.1) is 29.7 Å². The number of nitrogens with one attached hydrogen (secondary N) is 1. The Morgan fingerprint density at radius 3 is 2.83 bits per heavy atom. The fourth-order valence-electron chi connectivity index (χ4n) is 4.19. The molecule has 2 aliphatic heterocycles. The van der Waals surface area contributed by atoms with Gasteiger partial charge >= 0.3 is 0 Å². The first-order chi connectivity index (χ1) is 14.0. The van der Waals surface area contributed by atoms with E-state index in [4.69, 9.17) is 0 Å². The zero-order valence-corrected chi connectivity index (χ0v) is 17.4. The predicted octanol–water partition coefficient (Wildman–Crippen LogP) is 3.32. The highest BCUT2D eigenvalue weighted by Crippen LogP contribution is 2.38. The number of fused-ring (bicyclic) bond motifs is 2. The van der Waals surface area contributed by atoms with Crippen molar-refractivity contribution in [3.8, 4) is 0 Å². The zero-order valence-electron chi connectivity index (χ0n) is 15.8. The third-order valence-corrected chi connectivity index (χ3v) is 8.34. The van der Waals surface area contributed by atoms with Gasteiger partial charge in [-0.05, 0) is 22.8 Å². The van der Waals surface area contributed by atoms with Gasteiger partial charge in [-0.2, -0.15) is 16.9 Å². The molecule has 8 heteroatoms. The summed E-state index contributed by atoms with van der Waals surface area (Å²) in [6.07, 6.45) is 0.805. The zero-order chi connectivity index (χ0) is 20.0. The molecule has 5 rings (SSSR count). The molecule has 2 aromatic carbocycles. The predicted molar refractivity (Wildman–Crippen MR) is 116 cm³/mol. The molecule has 1 N–H and O–H groups in total. The Balaban J connectivity index is 1.43. The molecule has 1 unspecified atom stereocenters. The average Bonchev–Trinajstić information content (AvgIpc) is 3.38. The van der Waals surface area contributed by atoms with Crippen LogP contribution in [-0.4, -0.2) is 35.6 Å². The van der Waals surface area contributed by atoms with Crippen LogP contribution in [0.4, 0.5) is 5.82 Å². The van der Waals surface area contributed by atoms with E-state index in [0.717, 1.165) is 39.1 Å². The van der Waals surface area contributed by atoms with Gasteiger partial charge in [-0.25, -0.2) is 13.1 Å². The van der Waals surface area contributed by atoms with Gasteiger partial charge in [0.25, 0.3) is 0 Å². The summed E-state index contributed by atoms with van der Waals surface area (Å²) >= 11 is 1.76. The fourth-order valence-corrected chi connectivity index (χ4v) is 6.92. The minimum atomic E-state index is -3.03. The second kappa shape index (κ2) is 7.18. The average molecular weight is 428 g/mol. The number of sulfone groups is 1. The van der Waals surface area contributed by atoms with Crippen LogP contribution in [0, 0.1) is 0 Å². The van der Waals surface area contributed by atoms with E-state index in [0.29, 0.717) is 12.2 Å². The number of hydrogen-bond acceptors (Lipinski definition) is 5. The second-order valence-corrected chi connectivity index (χ2v) is 10.8. The molecule has 1 amide bonds. The fraction of sp³-hybridized carbons (Fsp3) is 0.333. The number of carbonyl (C=O) groups excluding carboxylic acids is 1. The lowest BCUT2D eigenvalue weighted by molar-refractivity contribution is -0.115. The third kappa shape index (κ3) is 3.55. The Kier molecular flexibility index (Phi) is 4.63. The van der Waals surface area contributed by atoms with Crippen LogP contribution in [0.15, 0.2) is 42.5 Å². The Bertz CT molecular complexity index is 1210. The largest absolute Gasteiger partial charge is 0.310 e. The summed E-state index contributed by atoms with van der Waals surface area (Å²) in [4.78, 5) is 12.9. The number of rotatable bonds is 4. The van der Waals surface area contributed by atoms with Gasteiger partial charge < -0.3 is 5.32 Å². The molecule has 150 valence electrons. The van der Waals surface area contributed by atoms with E-state index in [9.17, 15) is 13.2 Å². The van der Waals surface area contributed by atoms with E-state index in [1.165, 1.54) is 0 Å². The van der Waals surface area contributed by atoms with E-state index >= 15 is 0 Å². The maximum Gasteiger partial charge on any atom is 0.229 e. The topological polar surface area (TPSA) is 81.1 Å². The van der Waals surface area contributed by atoms with Crippen molar-refractivity contribution in [2.75, 3.05) is 16.8 Å². The quantitative estimate of drug-likeness (QED) is 0.691. The lowest BCUT2D eigenvalue weighted by Crippen LogP contribution is -2.21. The van der Waals surface area contributed by atoms with Gasteiger partial charge in [-0.3, -0.25) is 4.79 Å². The van der Waals surface area contributed by atoms with Crippen molar-refractivity contribution in [3.05, 3.63) is 59.3 Å². The Labute approximate surface area is 173 Å². The number of benzene rings is 2. The highest BCUT2D eigenvalue weighted by atomic mass is 32.2. The van der Waals surface area contributed by atoms with Crippen LogP contribution in [0.3, 0.4) is 0 Å². The number of hydrogen-bond donors (Lipinski definition) is 1. The van der Waals surface area contributed by atoms with Crippen LogP contribution in [0.25, 0.3) is 10.8 Å². The molecule has 1 aromatic heterocycles. The molecule has 0 saturated carbocycles. The molecule has 0 spiro atoms. The number of amides is 1. The van der Waals surface area contributed by atoms with Crippen molar-refractivity contribution in [2.45, 2.75) is 30.4 Å². The molecule has 0 radical (unpaired) electrons. The summed E-state index contributed by atoms with van der Waals surface area (Å²) in [5, 5.41) is 9.91. The van der Waals surface area contributed by atoms with Crippen molar-refractivity contribution in [3.63, 3.8) is 0 Å². The number of aromatic nitrogens is 2. The lowest BCUT2D eigenvalue weighted by atomic mass is 10.0. The summed E-state index contributed by atoms with van der Waals surface area (Å²) in [7, 11) is -3.03. The third-order valence-electron chi connectivity index (χ3n) is 5.62. The number of carbonyl (C=O) groups is 1. The molecule has 1 atom stereocenters. The van der Waals surface area contributed by atoms with Gasteiger partial charge in [0, 0.05) is 17.1 Å². The van der Waals surface area contributed by atoms with Crippen LogP contribution in [0.5, 0.6) is 0 Å². The molecule has 29 heavy (non-hydrogen) atoms. The summed E-state index contributed by atoms with van der Waals surface area (Å²) in [6, 6.07) is 13.8. The Morgan fingerprint density at radius 1 is 1.17 bits per heavy atom. The lowest BCUT2D eigenvalue weighted by Gasteiger charge is -2.15. The number of thioether (sulfide) groups is 1. The second-order valence-electron chi connectivity index (χ2n) is 7.63. The van der Waals surface area contributed by atoms with E-state index in [1.54, 1.807) is 16.4 Å². The molecular weight excluding hydrogens is 406 g/mol. The summed E-state index contributed by atoms with van der Waals surface area (Å²) in [5.41, 5.74) is 2.96. The molecule has 2 aliphatic rings. The van der Waals surface area contributed by atoms with E-state index < -0.39 is 9.84 Å². The van der Waals surface area contributed by atoms with Crippen LogP contribution < -0.4 is 5.32 Å². The molecule has 3 aromatic rings. The van der Waals surface area contributed by atoms with Crippen molar-refractivity contribution >= 4 is 44.1 Å².